The molecule has 0 amide bonds. The maximum Gasteiger partial charge on any atom is 0.336 e. The van der Waals surface area contributed by atoms with E-state index in [1.54, 1.807) is 30.3 Å². The van der Waals surface area contributed by atoms with Gasteiger partial charge >= 0.3 is 11.9 Å². The van der Waals surface area contributed by atoms with Crippen LogP contribution in [0.5, 0.6) is 0 Å². The third-order valence-corrected chi connectivity index (χ3v) is 3.90. The van der Waals surface area contributed by atoms with Crippen molar-refractivity contribution in [2.75, 3.05) is 0 Å². The summed E-state index contributed by atoms with van der Waals surface area (Å²) >= 11 is 6.86. The van der Waals surface area contributed by atoms with Gasteiger partial charge in [0, 0.05) is 14.8 Å². The summed E-state index contributed by atoms with van der Waals surface area (Å²) < 4.78 is 0. The molecule has 0 aliphatic heterocycles. The molecule has 0 aromatic heterocycles. The highest BCUT2D eigenvalue weighted by atomic mass is 35.5. The predicted octanol–water partition coefficient (Wildman–Crippen LogP) is 3.89. The Kier molecular flexibility index (Phi) is 4.32. The number of aromatic carboxylic acids is 2. The Balaban J connectivity index is 2.45. The van der Waals surface area contributed by atoms with Gasteiger partial charge in [-0.1, -0.05) is 35.5 Å². The van der Waals surface area contributed by atoms with E-state index in [0.717, 1.165) is 11.8 Å². The molecule has 0 aliphatic rings. The second-order valence-electron chi connectivity index (χ2n) is 3.85. The van der Waals surface area contributed by atoms with Gasteiger partial charge in [-0.3, -0.25) is 0 Å². The summed E-state index contributed by atoms with van der Waals surface area (Å²) in [7, 11) is 0. The summed E-state index contributed by atoms with van der Waals surface area (Å²) in [6, 6.07) is 10.9. The van der Waals surface area contributed by atoms with Crippen molar-refractivity contribution in [2.45, 2.75) is 9.79 Å². The van der Waals surface area contributed by atoms with Crippen molar-refractivity contribution in [3.8, 4) is 0 Å². The monoisotopic (exact) mass is 308 g/mol. The van der Waals surface area contributed by atoms with Gasteiger partial charge in [0.25, 0.3) is 0 Å². The summed E-state index contributed by atoms with van der Waals surface area (Å²) in [4.78, 5) is 23.2. The standard InChI is InChI=1S/C14H9ClO4S/c15-8-5-6-12(10(7-8)14(18)19)20-11-4-2-1-3-9(11)13(16)17/h1-7H,(H,16,17)(H,18,19). The highest BCUT2D eigenvalue weighted by molar-refractivity contribution is 7.99. The van der Waals surface area contributed by atoms with E-state index in [1.807, 2.05) is 0 Å². The zero-order valence-electron chi connectivity index (χ0n) is 10.0. The van der Waals surface area contributed by atoms with Crippen LogP contribution in [0.3, 0.4) is 0 Å². The number of hydrogen-bond acceptors (Lipinski definition) is 3. The molecule has 0 atom stereocenters. The van der Waals surface area contributed by atoms with E-state index in [-0.39, 0.29) is 11.1 Å². The molecule has 0 spiro atoms. The Morgan fingerprint density at radius 1 is 0.900 bits per heavy atom. The molecule has 0 heterocycles. The first kappa shape index (κ1) is 14.4. The molecule has 0 unspecified atom stereocenters. The molecule has 6 heteroatoms. The van der Waals surface area contributed by atoms with Crippen LogP contribution in [-0.4, -0.2) is 22.2 Å². The third-order valence-electron chi connectivity index (χ3n) is 2.51. The molecular weight excluding hydrogens is 300 g/mol. The van der Waals surface area contributed by atoms with E-state index < -0.39 is 11.9 Å². The van der Waals surface area contributed by atoms with Gasteiger partial charge in [0.15, 0.2) is 0 Å². The number of benzene rings is 2. The van der Waals surface area contributed by atoms with E-state index in [9.17, 15) is 9.59 Å². The van der Waals surface area contributed by atoms with Crippen molar-refractivity contribution < 1.29 is 19.8 Å². The van der Waals surface area contributed by atoms with E-state index in [0.29, 0.717) is 14.8 Å². The fourth-order valence-electron chi connectivity index (χ4n) is 1.61. The molecular formula is C14H9ClO4S. The average Bonchev–Trinajstić information content (AvgIpc) is 2.41. The Morgan fingerprint density at radius 3 is 2.15 bits per heavy atom. The number of carboxylic acid groups (broad SMARTS) is 2. The minimum Gasteiger partial charge on any atom is -0.478 e. The summed E-state index contributed by atoms with van der Waals surface area (Å²) in [5.74, 6) is -2.17. The maximum atomic E-state index is 11.2. The second kappa shape index (κ2) is 5.98. The number of carboxylic acids is 2. The predicted molar refractivity (Wildman–Crippen MR) is 75.9 cm³/mol. The van der Waals surface area contributed by atoms with E-state index in [2.05, 4.69) is 0 Å². The van der Waals surface area contributed by atoms with Crippen molar-refractivity contribution in [1.29, 1.82) is 0 Å². The molecule has 2 rings (SSSR count). The van der Waals surface area contributed by atoms with Gasteiger partial charge in [-0.25, -0.2) is 9.59 Å². The lowest BCUT2D eigenvalue weighted by atomic mass is 10.2. The molecule has 0 fully saturated rings. The molecule has 20 heavy (non-hydrogen) atoms. The zero-order valence-corrected chi connectivity index (χ0v) is 11.6. The first-order valence-electron chi connectivity index (χ1n) is 5.52. The van der Waals surface area contributed by atoms with Gasteiger partial charge in [-0.2, -0.15) is 0 Å². The maximum absolute atomic E-state index is 11.2. The molecule has 2 aromatic carbocycles. The van der Waals surface area contributed by atoms with Crippen LogP contribution in [0.4, 0.5) is 0 Å². The first-order valence-corrected chi connectivity index (χ1v) is 6.71. The third kappa shape index (κ3) is 3.12. The zero-order chi connectivity index (χ0) is 14.7. The van der Waals surface area contributed by atoms with Crippen molar-refractivity contribution in [3.63, 3.8) is 0 Å². The number of halogens is 1. The Labute approximate surface area is 124 Å². The van der Waals surface area contributed by atoms with Crippen LogP contribution in [0.1, 0.15) is 20.7 Å². The normalized spacial score (nSPS) is 10.2. The molecule has 0 radical (unpaired) electrons. The lowest BCUT2D eigenvalue weighted by Crippen LogP contribution is -2.01. The van der Waals surface area contributed by atoms with E-state index >= 15 is 0 Å². The van der Waals surface area contributed by atoms with Crippen molar-refractivity contribution >= 4 is 35.3 Å². The van der Waals surface area contributed by atoms with Crippen molar-refractivity contribution in [3.05, 3.63) is 58.6 Å². The Morgan fingerprint density at radius 2 is 1.50 bits per heavy atom. The van der Waals surface area contributed by atoms with Crippen LogP contribution in [0.15, 0.2) is 52.3 Å². The number of rotatable bonds is 4. The highest BCUT2D eigenvalue weighted by Crippen LogP contribution is 2.34. The lowest BCUT2D eigenvalue weighted by molar-refractivity contribution is 0.0683. The quantitative estimate of drug-likeness (QED) is 0.896. The van der Waals surface area contributed by atoms with Crippen LogP contribution in [0, 0.1) is 0 Å². The molecule has 4 nitrogen and oxygen atoms in total. The van der Waals surface area contributed by atoms with E-state index in [4.69, 9.17) is 21.8 Å². The molecule has 0 bridgehead atoms. The molecule has 2 aromatic rings. The van der Waals surface area contributed by atoms with Gasteiger partial charge < -0.3 is 10.2 Å². The van der Waals surface area contributed by atoms with Gasteiger partial charge in [0.2, 0.25) is 0 Å². The number of hydrogen-bond donors (Lipinski definition) is 2. The van der Waals surface area contributed by atoms with Gasteiger partial charge in [0.1, 0.15) is 0 Å². The fourth-order valence-corrected chi connectivity index (χ4v) is 2.82. The first-order chi connectivity index (χ1) is 9.49. The minimum absolute atomic E-state index is 0.0442. The second-order valence-corrected chi connectivity index (χ2v) is 5.37. The van der Waals surface area contributed by atoms with Gasteiger partial charge in [-0.05, 0) is 30.3 Å². The average molecular weight is 309 g/mol. The Hall–Kier alpha value is -1.98. The van der Waals surface area contributed by atoms with Crippen LogP contribution < -0.4 is 0 Å². The minimum atomic E-state index is -1.11. The van der Waals surface area contributed by atoms with Crippen LogP contribution >= 0.6 is 23.4 Å². The largest absolute Gasteiger partial charge is 0.478 e. The van der Waals surface area contributed by atoms with Crippen molar-refractivity contribution in [2.24, 2.45) is 0 Å². The summed E-state index contributed by atoms with van der Waals surface area (Å²) in [5, 5.41) is 18.6. The van der Waals surface area contributed by atoms with Crippen molar-refractivity contribution in [1.82, 2.24) is 0 Å². The number of carbonyl (C=O) groups is 2. The summed E-state index contributed by atoms with van der Waals surface area (Å²) in [6.07, 6.45) is 0. The smallest absolute Gasteiger partial charge is 0.336 e. The van der Waals surface area contributed by atoms with Gasteiger partial charge in [-0.15, -0.1) is 0 Å². The highest BCUT2D eigenvalue weighted by Gasteiger charge is 2.15. The fraction of sp³-hybridized carbons (Fsp3) is 0. The molecule has 2 N–H and O–H groups in total. The van der Waals surface area contributed by atoms with Crippen LogP contribution in [0.25, 0.3) is 0 Å². The van der Waals surface area contributed by atoms with Crippen LogP contribution in [0.2, 0.25) is 5.02 Å². The molecule has 0 aliphatic carbocycles. The van der Waals surface area contributed by atoms with E-state index in [1.165, 1.54) is 12.1 Å². The van der Waals surface area contributed by atoms with Crippen LogP contribution in [-0.2, 0) is 0 Å². The Bertz CT molecular complexity index is 685. The molecule has 102 valence electrons. The summed E-state index contributed by atoms with van der Waals surface area (Å²) in [6.45, 7) is 0. The summed E-state index contributed by atoms with van der Waals surface area (Å²) in [5.41, 5.74) is 0.173. The molecule has 0 saturated heterocycles. The van der Waals surface area contributed by atoms with Gasteiger partial charge in [0.05, 0.1) is 11.1 Å². The lowest BCUT2D eigenvalue weighted by Gasteiger charge is -2.08. The molecule has 0 saturated carbocycles. The SMILES string of the molecule is O=C(O)c1ccccc1Sc1ccc(Cl)cc1C(=O)O. The topological polar surface area (TPSA) is 74.6 Å².